The molecule has 0 aromatic carbocycles. The Morgan fingerprint density at radius 2 is 2.18 bits per heavy atom. The molecule has 0 bridgehead atoms. The summed E-state index contributed by atoms with van der Waals surface area (Å²) in [6.45, 7) is 0. The lowest BCUT2D eigenvalue weighted by Gasteiger charge is -1.98. The number of nitrogens with zero attached hydrogens (tertiary/aromatic N) is 3. The number of hydrogen-bond donors (Lipinski definition) is 1. The van der Waals surface area contributed by atoms with E-state index in [-0.39, 0.29) is 4.90 Å². The van der Waals surface area contributed by atoms with Gasteiger partial charge in [-0.3, -0.25) is 4.68 Å². The number of fused-ring (bicyclic) bond motifs is 1. The molecule has 17 heavy (non-hydrogen) atoms. The van der Waals surface area contributed by atoms with Gasteiger partial charge in [-0.1, -0.05) is 0 Å². The highest BCUT2D eigenvalue weighted by Gasteiger charge is 2.29. The van der Waals surface area contributed by atoms with E-state index >= 15 is 0 Å². The Morgan fingerprint density at radius 1 is 1.47 bits per heavy atom. The topological polar surface area (TPSA) is 90.9 Å². The molecule has 1 aliphatic carbocycles. The highest BCUT2D eigenvalue weighted by molar-refractivity contribution is 7.89. The third-order valence-electron chi connectivity index (χ3n) is 2.97. The molecule has 0 aliphatic heterocycles. The molecule has 1 fully saturated rings. The minimum Gasteiger partial charge on any atom is -0.250 e. The number of aryl methyl sites for hydroxylation is 1. The smallest absolute Gasteiger partial charge is 0.239 e. The molecule has 0 atom stereocenters. The molecule has 2 aromatic rings. The van der Waals surface area contributed by atoms with Crippen LogP contribution >= 0.6 is 0 Å². The number of nitrogens with two attached hydrogens (primary N) is 1. The molecule has 2 heterocycles. The first-order valence-corrected chi connectivity index (χ1v) is 6.87. The zero-order chi connectivity index (χ0) is 12.2. The molecular formula is C10H12N4O2S. The predicted octanol–water partition coefficient (Wildman–Crippen LogP) is 0.493. The molecule has 1 saturated carbocycles. The Bertz CT molecular complexity index is 700. The van der Waals surface area contributed by atoms with Gasteiger partial charge in [0.05, 0.1) is 5.69 Å². The van der Waals surface area contributed by atoms with Gasteiger partial charge in [0.15, 0.2) is 5.65 Å². The second-order valence-corrected chi connectivity index (χ2v) is 5.93. The van der Waals surface area contributed by atoms with Crippen molar-refractivity contribution in [3.63, 3.8) is 0 Å². The van der Waals surface area contributed by atoms with Crippen LogP contribution in [0.4, 0.5) is 0 Å². The third kappa shape index (κ3) is 1.71. The van der Waals surface area contributed by atoms with Gasteiger partial charge in [-0.25, -0.2) is 18.5 Å². The van der Waals surface area contributed by atoms with E-state index < -0.39 is 10.0 Å². The highest BCUT2D eigenvalue weighted by Crippen LogP contribution is 2.42. The molecule has 3 rings (SSSR count). The monoisotopic (exact) mass is 252 g/mol. The quantitative estimate of drug-likeness (QED) is 0.842. The molecule has 0 spiro atoms. The first kappa shape index (κ1) is 10.7. The van der Waals surface area contributed by atoms with Gasteiger partial charge < -0.3 is 0 Å². The van der Waals surface area contributed by atoms with Crippen molar-refractivity contribution in [3.05, 3.63) is 18.0 Å². The van der Waals surface area contributed by atoms with E-state index in [1.807, 2.05) is 0 Å². The lowest BCUT2D eigenvalue weighted by atomic mass is 10.2. The van der Waals surface area contributed by atoms with Crippen molar-refractivity contribution in [3.8, 4) is 0 Å². The van der Waals surface area contributed by atoms with Crippen molar-refractivity contribution in [2.24, 2.45) is 12.2 Å². The summed E-state index contributed by atoms with van der Waals surface area (Å²) in [5.74, 6) is 0.441. The van der Waals surface area contributed by atoms with E-state index in [2.05, 4.69) is 10.1 Å². The number of rotatable bonds is 2. The van der Waals surface area contributed by atoms with Crippen molar-refractivity contribution in [1.82, 2.24) is 14.8 Å². The average molecular weight is 252 g/mol. The van der Waals surface area contributed by atoms with E-state index in [0.29, 0.717) is 11.6 Å². The standard InChI is InChI=1S/C10H12N4O2S/c1-14-10-8(9(13-14)6-2-3-6)4-7(5-12-10)17(11,15)16/h4-6H,2-3H2,1H3,(H2,11,15,16). The summed E-state index contributed by atoms with van der Waals surface area (Å²) in [7, 11) is -1.90. The van der Waals surface area contributed by atoms with Crippen LogP contribution in [0.1, 0.15) is 24.5 Å². The molecule has 0 amide bonds. The zero-order valence-electron chi connectivity index (χ0n) is 9.29. The average Bonchev–Trinajstić information content (AvgIpc) is 3.03. The highest BCUT2D eigenvalue weighted by atomic mass is 32.2. The second kappa shape index (κ2) is 3.27. The van der Waals surface area contributed by atoms with Crippen LogP contribution < -0.4 is 5.14 Å². The number of pyridine rings is 1. The SMILES string of the molecule is Cn1nc(C2CC2)c2cc(S(N)(=O)=O)cnc21. The summed E-state index contributed by atoms with van der Waals surface area (Å²) in [4.78, 5) is 4.16. The largest absolute Gasteiger partial charge is 0.250 e. The Hall–Kier alpha value is -1.47. The Labute approximate surface area is 98.5 Å². The minimum absolute atomic E-state index is 0.0416. The molecule has 90 valence electrons. The number of hydrogen-bond acceptors (Lipinski definition) is 4. The van der Waals surface area contributed by atoms with Crippen LogP contribution in [0.3, 0.4) is 0 Å². The maximum absolute atomic E-state index is 11.3. The summed E-state index contributed by atoms with van der Waals surface area (Å²) >= 11 is 0. The Morgan fingerprint density at radius 3 is 2.76 bits per heavy atom. The van der Waals surface area contributed by atoms with E-state index in [1.54, 1.807) is 17.8 Å². The van der Waals surface area contributed by atoms with E-state index in [4.69, 9.17) is 5.14 Å². The second-order valence-electron chi connectivity index (χ2n) is 4.37. The van der Waals surface area contributed by atoms with Crippen molar-refractivity contribution < 1.29 is 8.42 Å². The fourth-order valence-corrected chi connectivity index (χ4v) is 2.44. The molecule has 0 unspecified atom stereocenters. The molecular weight excluding hydrogens is 240 g/mol. The van der Waals surface area contributed by atoms with Gasteiger partial charge in [-0.15, -0.1) is 0 Å². The van der Waals surface area contributed by atoms with Crippen molar-refractivity contribution >= 4 is 21.1 Å². The van der Waals surface area contributed by atoms with Crippen LogP contribution in [-0.2, 0) is 17.1 Å². The molecule has 7 heteroatoms. The van der Waals surface area contributed by atoms with Gasteiger partial charge in [0.2, 0.25) is 10.0 Å². The van der Waals surface area contributed by atoms with Crippen LogP contribution in [0.25, 0.3) is 11.0 Å². The van der Waals surface area contributed by atoms with Crippen LogP contribution in [-0.4, -0.2) is 23.2 Å². The first-order chi connectivity index (χ1) is 7.97. The Balaban J connectivity index is 2.30. The van der Waals surface area contributed by atoms with Gasteiger partial charge in [-0.2, -0.15) is 5.10 Å². The fraction of sp³-hybridized carbons (Fsp3) is 0.400. The van der Waals surface area contributed by atoms with Gasteiger partial charge in [0.25, 0.3) is 0 Å². The van der Waals surface area contributed by atoms with E-state index in [0.717, 1.165) is 23.9 Å². The number of sulfonamides is 1. The summed E-state index contributed by atoms with van der Waals surface area (Å²) in [5.41, 5.74) is 1.62. The van der Waals surface area contributed by atoms with E-state index in [9.17, 15) is 8.42 Å². The maximum Gasteiger partial charge on any atom is 0.239 e. The normalized spacial score (nSPS) is 16.6. The first-order valence-electron chi connectivity index (χ1n) is 5.32. The fourth-order valence-electron chi connectivity index (χ4n) is 1.96. The molecule has 0 radical (unpaired) electrons. The lowest BCUT2D eigenvalue weighted by molar-refractivity contribution is 0.597. The summed E-state index contributed by atoms with van der Waals surface area (Å²) in [5, 5.41) is 10.3. The van der Waals surface area contributed by atoms with Crippen LogP contribution in [0.15, 0.2) is 17.2 Å². The van der Waals surface area contributed by atoms with Crippen molar-refractivity contribution in [2.75, 3.05) is 0 Å². The molecule has 6 nitrogen and oxygen atoms in total. The minimum atomic E-state index is -3.71. The van der Waals surface area contributed by atoms with Crippen LogP contribution in [0.2, 0.25) is 0 Å². The third-order valence-corrected chi connectivity index (χ3v) is 3.85. The number of primary sulfonamides is 1. The molecule has 1 aliphatic rings. The van der Waals surface area contributed by atoms with E-state index in [1.165, 1.54) is 6.20 Å². The van der Waals surface area contributed by atoms with Gasteiger partial charge in [0, 0.05) is 24.5 Å². The lowest BCUT2D eigenvalue weighted by Crippen LogP contribution is -2.12. The Kier molecular flexibility index (Phi) is 2.05. The van der Waals surface area contributed by atoms with Gasteiger partial charge in [0.1, 0.15) is 4.90 Å². The summed E-state index contributed by atoms with van der Waals surface area (Å²) < 4.78 is 24.3. The van der Waals surface area contributed by atoms with Crippen LogP contribution in [0.5, 0.6) is 0 Å². The van der Waals surface area contributed by atoms with Crippen molar-refractivity contribution in [1.29, 1.82) is 0 Å². The summed E-state index contributed by atoms with van der Waals surface area (Å²) in [6.07, 6.45) is 3.48. The zero-order valence-corrected chi connectivity index (χ0v) is 10.1. The maximum atomic E-state index is 11.3. The van der Waals surface area contributed by atoms with Gasteiger partial charge in [-0.05, 0) is 18.9 Å². The van der Waals surface area contributed by atoms with Crippen LogP contribution in [0, 0.1) is 0 Å². The summed E-state index contributed by atoms with van der Waals surface area (Å²) in [6, 6.07) is 1.57. The number of aromatic nitrogens is 3. The molecule has 2 aromatic heterocycles. The molecule has 2 N–H and O–H groups in total. The van der Waals surface area contributed by atoms with Gasteiger partial charge >= 0.3 is 0 Å². The molecule has 0 saturated heterocycles. The predicted molar refractivity (Wildman–Crippen MR) is 61.9 cm³/mol. The van der Waals surface area contributed by atoms with Crippen molar-refractivity contribution in [2.45, 2.75) is 23.7 Å².